The van der Waals surface area contributed by atoms with Gasteiger partial charge in [-0.3, -0.25) is 9.59 Å². The van der Waals surface area contributed by atoms with E-state index in [9.17, 15) is 19.2 Å². The van der Waals surface area contributed by atoms with Gasteiger partial charge in [-0.05, 0) is 57.1 Å². The molecule has 0 aliphatic carbocycles. The minimum Gasteiger partial charge on any atom is -0.445 e. The molecule has 2 atom stereocenters. The molecule has 2 aromatic carbocycles. The Balaban J connectivity index is 1.95. The van der Waals surface area contributed by atoms with Gasteiger partial charge in [-0.15, -0.1) is 0 Å². The lowest BCUT2D eigenvalue weighted by Gasteiger charge is -2.25. The van der Waals surface area contributed by atoms with Crippen LogP contribution in [0.15, 0.2) is 60.7 Å². The van der Waals surface area contributed by atoms with Gasteiger partial charge in [0.15, 0.2) is 0 Å². The molecular weight excluding hydrogens is 564 g/mol. The van der Waals surface area contributed by atoms with Gasteiger partial charge in [0, 0.05) is 13.1 Å². The van der Waals surface area contributed by atoms with Gasteiger partial charge in [0.1, 0.15) is 24.3 Å². The molecular formula is C33H48N4O7. The maximum Gasteiger partial charge on any atom is 0.408 e. The molecule has 11 heteroatoms. The summed E-state index contributed by atoms with van der Waals surface area (Å²) < 4.78 is 16.3. The van der Waals surface area contributed by atoms with Crippen molar-refractivity contribution in [2.45, 2.75) is 84.8 Å². The maximum atomic E-state index is 13.4. The number of carbonyl (C=O) groups is 4. The van der Waals surface area contributed by atoms with Crippen molar-refractivity contribution in [1.29, 1.82) is 0 Å². The van der Waals surface area contributed by atoms with Crippen LogP contribution in [0, 0.1) is 5.92 Å². The first-order valence-corrected chi connectivity index (χ1v) is 15.1. The Morgan fingerprint density at radius 1 is 0.727 bits per heavy atom. The summed E-state index contributed by atoms with van der Waals surface area (Å²) in [7, 11) is 0. The van der Waals surface area contributed by atoms with E-state index in [0.717, 1.165) is 11.1 Å². The third kappa shape index (κ3) is 15.9. The molecule has 4 amide bonds. The van der Waals surface area contributed by atoms with E-state index in [1.165, 1.54) is 0 Å². The fourth-order valence-electron chi connectivity index (χ4n) is 3.91. The second-order valence-electron chi connectivity index (χ2n) is 11.9. The summed E-state index contributed by atoms with van der Waals surface area (Å²) in [5.41, 5.74) is 1.03. The van der Waals surface area contributed by atoms with Gasteiger partial charge in [0.05, 0.1) is 13.2 Å². The van der Waals surface area contributed by atoms with Crippen molar-refractivity contribution in [3.05, 3.63) is 71.8 Å². The predicted molar refractivity (Wildman–Crippen MR) is 168 cm³/mol. The van der Waals surface area contributed by atoms with Crippen molar-refractivity contribution >= 4 is 24.0 Å². The van der Waals surface area contributed by atoms with Gasteiger partial charge in [-0.1, -0.05) is 74.5 Å². The molecule has 0 bridgehead atoms. The van der Waals surface area contributed by atoms with E-state index >= 15 is 0 Å². The van der Waals surface area contributed by atoms with Crippen LogP contribution in [0.2, 0.25) is 0 Å². The number of nitrogens with one attached hydrogen (secondary N) is 4. The lowest BCUT2D eigenvalue weighted by molar-refractivity contribution is -0.131. The van der Waals surface area contributed by atoms with Gasteiger partial charge in [-0.2, -0.15) is 0 Å². The van der Waals surface area contributed by atoms with Crippen molar-refractivity contribution in [3.8, 4) is 0 Å². The molecule has 0 spiro atoms. The van der Waals surface area contributed by atoms with E-state index in [0.29, 0.717) is 32.4 Å². The molecule has 0 aromatic heterocycles. The zero-order valence-corrected chi connectivity index (χ0v) is 26.5. The van der Waals surface area contributed by atoms with Crippen LogP contribution in [0.5, 0.6) is 0 Å². The number of amides is 4. The summed E-state index contributed by atoms with van der Waals surface area (Å²) in [4.78, 5) is 51.0. The predicted octanol–water partition coefficient (Wildman–Crippen LogP) is 4.45. The fourth-order valence-corrected chi connectivity index (χ4v) is 3.91. The van der Waals surface area contributed by atoms with E-state index in [2.05, 4.69) is 21.3 Å². The number of carbonyl (C=O) groups excluding carboxylic acids is 4. The monoisotopic (exact) mass is 612 g/mol. The summed E-state index contributed by atoms with van der Waals surface area (Å²) in [5.74, 6) is -0.686. The zero-order valence-electron chi connectivity index (χ0n) is 26.5. The van der Waals surface area contributed by atoms with Gasteiger partial charge in [0.25, 0.3) is 0 Å². The summed E-state index contributed by atoms with van der Waals surface area (Å²) in [5, 5.41) is 10.9. The number of unbranched alkanes of at least 4 members (excludes halogenated alkanes) is 1. The number of benzene rings is 2. The van der Waals surface area contributed by atoms with Crippen molar-refractivity contribution in [2.24, 2.45) is 5.92 Å². The Morgan fingerprint density at radius 2 is 1.34 bits per heavy atom. The first kappa shape index (κ1) is 36.1. The van der Waals surface area contributed by atoms with Gasteiger partial charge < -0.3 is 35.5 Å². The summed E-state index contributed by atoms with van der Waals surface area (Å²) in [6, 6.07) is 16.8. The zero-order chi connectivity index (χ0) is 32.4. The van der Waals surface area contributed by atoms with Gasteiger partial charge in [0.2, 0.25) is 11.8 Å². The van der Waals surface area contributed by atoms with Gasteiger partial charge in [-0.25, -0.2) is 9.59 Å². The molecule has 0 heterocycles. The van der Waals surface area contributed by atoms with E-state index in [1.807, 2.05) is 74.5 Å². The highest BCUT2D eigenvalue weighted by Crippen LogP contribution is 2.09. The molecule has 2 rings (SSSR count). The topological polar surface area (TPSA) is 144 Å². The van der Waals surface area contributed by atoms with E-state index in [4.69, 9.17) is 14.2 Å². The normalized spacial score (nSPS) is 12.5. The molecule has 0 saturated carbocycles. The molecule has 11 nitrogen and oxygen atoms in total. The Bertz CT molecular complexity index is 1150. The van der Waals surface area contributed by atoms with Crippen molar-refractivity contribution < 1.29 is 33.4 Å². The third-order valence-electron chi connectivity index (χ3n) is 6.12. The highest BCUT2D eigenvalue weighted by Gasteiger charge is 2.28. The first-order chi connectivity index (χ1) is 20.9. The van der Waals surface area contributed by atoms with Crippen molar-refractivity contribution in [1.82, 2.24) is 21.3 Å². The second kappa shape index (κ2) is 19.2. The number of hydrogen-bond acceptors (Lipinski definition) is 7. The largest absolute Gasteiger partial charge is 0.445 e. The average molecular weight is 613 g/mol. The lowest BCUT2D eigenvalue weighted by atomic mass is 10.1. The Morgan fingerprint density at radius 3 is 1.93 bits per heavy atom. The van der Waals surface area contributed by atoms with Crippen LogP contribution in [0.3, 0.4) is 0 Å². The number of rotatable bonds is 17. The number of alkyl carbamates (subject to hydrolysis) is 2. The number of ether oxygens (including phenoxy) is 3. The van der Waals surface area contributed by atoms with Crippen LogP contribution in [0.1, 0.15) is 65.0 Å². The molecule has 242 valence electrons. The average Bonchev–Trinajstić information content (AvgIpc) is 2.97. The van der Waals surface area contributed by atoms with Crippen molar-refractivity contribution in [3.63, 3.8) is 0 Å². The van der Waals surface area contributed by atoms with E-state index in [-0.39, 0.29) is 31.6 Å². The van der Waals surface area contributed by atoms with Crippen LogP contribution in [0.4, 0.5) is 9.59 Å². The third-order valence-corrected chi connectivity index (χ3v) is 6.12. The molecule has 0 saturated heterocycles. The molecule has 0 fully saturated rings. The Hall–Kier alpha value is -4.12. The van der Waals surface area contributed by atoms with E-state index in [1.54, 1.807) is 20.8 Å². The van der Waals surface area contributed by atoms with Gasteiger partial charge >= 0.3 is 12.2 Å². The Kier molecular flexibility index (Phi) is 15.8. The molecule has 44 heavy (non-hydrogen) atoms. The molecule has 0 aliphatic rings. The minimum atomic E-state index is -1.10. The van der Waals surface area contributed by atoms with E-state index < -0.39 is 35.8 Å². The highest BCUT2D eigenvalue weighted by atomic mass is 16.6. The summed E-state index contributed by atoms with van der Waals surface area (Å²) in [6.45, 7) is 10.2. The SMILES string of the molecule is CC(C)CNC(=O)[C@H](CCCCNC(=O)OCc1ccccc1)NC(=O)[C@H](COCc1ccccc1)NC(=O)OC(C)(C)C. The standard InChI is InChI=1S/C33H48N4O7/c1-24(2)20-35-29(38)27(18-12-13-19-34-31(40)43-22-26-16-10-7-11-17-26)36-30(39)28(37-32(41)44-33(3,4)5)23-42-21-25-14-8-6-9-15-25/h6-11,14-17,24,27-28H,12-13,18-23H2,1-5H3,(H,34,40)(H,35,38)(H,36,39)(H,37,41)/t27-,28-/m0/s1. The molecule has 4 N–H and O–H groups in total. The van der Waals surface area contributed by atoms with Crippen LogP contribution in [0.25, 0.3) is 0 Å². The smallest absolute Gasteiger partial charge is 0.408 e. The van der Waals surface area contributed by atoms with Crippen LogP contribution in [-0.2, 0) is 37.0 Å². The number of hydrogen-bond donors (Lipinski definition) is 4. The highest BCUT2D eigenvalue weighted by molar-refractivity contribution is 5.91. The minimum absolute atomic E-state index is 0.130. The summed E-state index contributed by atoms with van der Waals surface area (Å²) in [6.07, 6.45) is 0.116. The second-order valence-corrected chi connectivity index (χ2v) is 11.9. The van der Waals surface area contributed by atoms with Crippen LogP contribution < -0.4 is 21.3 Å². The molecule has 0 aliphatic heterocycles. The maximum absolute atomic E-state index is 13.4. The molecule has 0 unspecified atom stereocenters. The Labute approximate surface area is 260 Å². The quantitative estimate of drug-likeness (QED) is 0.193. The fraction of sp³-hybridized carbons (Fsp3) is 0.515. The summed E-state index contributed by atoms with van der Waals surface area (Å²) >= 11 is 0. The molecule has 0 radical (unpaired) electrons. The van der Waals surface area contributed by atoms with Crippen LogP contribution >= 0.6 is 0 Å². The first-order valence-electron chi connectivity index (χ1n) is 15.1. The lowest BCUT2D eigenvalue weighted by Crippen LogP contribution is -2.55. The van der Waals surface area contributed by atoms with Crippen LogP contribution in [-0.4, -0.2) is 61.4 Å². The molecule has 2 aromatic rings. The van der Waals surface area contributed by atoms with Crippen molar-refractivity contribution in [2.75, 3.05) is 19.7 Å².